The van der Waals surface area contributed by atoms with Crippen LogP contribution in [0.2, 0.25) is 5.02 Å². The van der Waals surface area contributed by atoms with E-state index in [9.17, 15) is 0 Å². The lowest BCUT2D eigenvalue weighted by molar-refractivity contribution is 0.442. The van der Waals surface area contributed by atoms with Gasteiger partial charge in [-0.15, -0.1) is 0 Å². The Labute approximate surface area is 96.2 Å². The molecule has 0 atom stereocenters. The number of hydrogen-bond acceptors (Lipinski definition) is 2. The molecule has 0 aromatic heterocycles. The second-order valence-electron chi connectivity index (χ2n) is 4.00. The van der Waals surface area contributed by atoms with E-state index in [-0.39, 0.29) is 0 Å². The average molecular weight is 225 g/mol. The van der Waals surface area contributed by atoms with Gasteiger partial charge in [0, 0.05) is 19.1 Å². The molecule has 2 nitrogen and oxygen atoms in total. The van der Waals surface area contributed by atoms with Crippen molar-refractivity contribution in [1.82, 2.24) is 5.32 Å². The van der Waals surface area contributed by atoms with E-state index in [2.05, 4.69) is 16.3 Å². The highest BCUT2D eigenvalue weighted by Gasteiger charge is 2.18. The monoisotopic (exact) mass is 224 g/mol. The molecule has 1 aliphatic rings. The topological polar surface area (TPSA) is 15.3 Å². The van der Waals surface area contributed by atoms with Crippen LogP contribution >= 0.6 is 11.6 Å². The van der Waals surface area contributed by atoms with Crippen LogP contribution in [0.25, 0.3) is 0 Å². The third-order valence-corrected chi connectivity index (χ3v) is 3.42. The Morgan fingerprint density at radius 3 is 2.53 bits per heavy atom. The zero-order valence-corrected chi connectivity index (χ0v) is 9.80. The molecule has 0 bridgehead atoms. The predicted octanol–water partition coefficient (Wildman–Crippen LogP) is 2.53. The Hall–Kier alpha value is -0.730. The number of anilines is 1. The summed E-state index contributed by atoms with van der Waals surface area (Å²) in [5, 5.41) is 4.19. The average Bonchev–Trinajstić information content (AvgIpc) is 2.30. The number of piperidine rings is 1. The van der Waals surface area contributed by atoms with Gasteiger partial charge in [-0.2, -0.15) is 0 Å². The minimum atomic E-state index is 0.670. The Morgan fingerprint density at radius 2 is 1.93 bits per heavy atom. The van der Waals surface area contributed by atoms with Gasteiger partial charge in [0.1, 0.15) is 0 Å². The molecule has 0 amide bonds. The van der Waals surface area contributed by atoms with E-state index in [1.807, 2.05) is 25.2 Å². The second kappa shape index (κ2) is 4.86. The van der Waals surface area contributed by atoms with Gasteiger partial charge in [-0.3, -0.25) is 0 Å². The Morgan fingerprint density at radius 1 is 1.27 bits per heavy atom. The maximum Gasteiger partial charge on any atom is 0.0639 e. The summed E-state index contributed by atoms with van der Waals surface area (Å²) in [5.41, 5.74) is 1.17. The van der Waals surface area contributed by atoms with Gasteiger partial charge < -0.3 is 10.2 Å². The first-order valence-electron chi connectivity index (χ1n) is 5.48. The van der Waals surface area contributed by atoms with Crippen molar-refractivity contribution in [3.63, 3.8) is 0 Å². The summed E-state index contributed by atoms with van der Waals surface area (Å²) in [4.78, 5) is 2.37. The molecule has 1 fully saturated rings. The molecule has 2 rings (SSSR count). The van der Waals surface area contributed by atoms with Gasteiger partial charge >= 0.3 is 0 Å². The highest BCUT2D eigenvalue weighted by Crippen LogP contribution is 2.27. The first kappa shape index (κ1) is 10.8. The third-order valence-electron chi connectivity index (χ3n) is 3.10. The lowest BCUT2D eigenvalue weighted by Gasteiger charge is -2.33. The van der Waals surface area contributed by atoms with Crippen LogP contribution in [0.5, 0.6) is 0 Å². The summed E-state index contributed by atoms with van der Waals surface area (Å²) in [6.45, 7) is 2.18. The van der Waals surface area contributed by atoms with Crippen LogP contribution in [0.4, 0.5) is 5.69 Å². The fourth-order valence-electron chi connectivity index (χ4n) is 2.12. The molecule has 0 spiro atoms. The normalized spacial score (nSPS) is 18.1. The molecule has 1 aliphatic heterocycles. The maximum absolute atomic E-state index is 6.17. The molecule has 82 valence electrons. The summed E-state index contributed by atoms with van der Waals surface area (Å²) < 4.78 is 0. The molecule has 0 unspecified atom stereocenters. The molecule has 1 aromatic carbocycles. The third kappa shape index (κ3) is 2.44. The van der Waals surface area contributed by atoms with Crippen molar-refractivity contribution < 1.29 is 0 Å². The standard InChI is InChI=1S/C12H17ClN2/c1-14-10-6-8-15(9-7-10)12-5-3-2-4-11(12)13/h2-5,10,14H,6-9H2,1H3. The number of rotatable bonds is 2. The molecule has 0 radical (unpaired) electrons. The van der Waals surface area contributed by atoms with E-state index in [0.29, 0.717) is 6.04 Å². The zero-order chi connectivity index (χ0) is 10.7. The SMILES string of the molecule is CNC1CCN(c2ccccc2Cl)CC1. The number of hydrogen-bond donors (Lipinski definition) is 1. The molecule has 0 saturated carbocycles. The molecule has 1 heterocycles. The van der Waals surface area contributed by atoms with Crippen LogP contribution < -0.4 is 10.2 Å². The lowest BCUT2D eigenvalue weighted by atomic mass is 10.0. The Kier molecular flexibility index (Phi) is 3.49. The second-order valence-corrected chi connectivity index (χ2v) is 4.41. The van der Waals surface area contributed by atoms with Gasteiger partial charge in [-0.1, -0.05) is 23.7 Å². The fraction of sp³-hybridized carbons (Fsp3) is 0.500. The van der Waals surface area contributed by atoms with Crippen molar-refractivity contribution in [3.05, 3.63) is 29.3 Å². The molecule has 3 heteroatoms. The minimum Gasteiger partial charge on any atom is -0.370 e. The number of nitrogens with one attached hydrogen (secondary N) is 1. The summed E-state index contributed by atoms with van der Waals surface area (Å²) in [6.07, 6.45) is 2.39. The fourth-order valence-corrected chi connectivity index (χ4v) is 2.37. The Bertz CT molecular complexity index is 319. The van der Waals surface area contributed by atoms with Crippen molar-refractivity contribution >= 4 is 17.3 Å². The molecule has 1 aromatic rings. The van der Waals surface area contributed by atoms with Crippen molar-refractivity contribution in [1.29, 1.82) is 0 Å². The smallest absolute Gasteiger partial charge is 0.0639 e. The summed E-state index contributed by atoms with van der Waals surface area (Å²) in [7, 11) is 2.04. The quantitative estimate of drug-likeness (QED) is 0.831. The van der Waals surface area contributed by atoms with E-state index < -0.39 is 0 Å². The van der Waals surface area contributed by atoms with E-state index in [0.717, 1.165) is 18.1 Å². The number of benzene rings is 1. The maximum atomic E-state index is 6.17. The van der Waals surface area contributed by atoms with E-state index in [4.69, 9.17) is 11.6 Å². The first-order chi connectivity index (χ1) is 7.31. The number of nitrogens with zero attached hydrogens (tertiary/aromatic N) is 1. The summed E-state index contributed by atoms with van der Waals surface area (Å²) in [6, 6.07) is 8.75. The van der Waals surface area contributed by atoms with Crippen LogP contribution in [-0.2, 0) is 0 Å². The lowest BCUT2D eigenvalue weighted by Crippen LogP contribution is -2.41. The summed E-state index contributed by atoms with van der Waals surface area (Å²) in [5.74, 6) is 0. The molecular weight excluding hydrogens is 208 g/mol. The van der Waals surface area contributed by atoms with Crippen LogP contribution in [0.3, 0.4) is 0 Å². The van der Waals surface area contributed by atoms with Crippen molar-refractivity contribution in [3.8, 4) is 0 Å². The Balaban J connectivity index is 2.04. The van der Waals surface area contributed by atoms with Gasteiger partial charge in [-0.25, -0.2) is 0 Å². The van der Waals surface area contributed by atoms with Gasteiger partial charge in [0.15, 0.2) is 0 Å². The van der Waals surface area contributed by atoms with Crippen molar-refractivity contribution in [2.75, 3.05) is 25.0 Å². The van der Waals surface area contributed by atoms with Crippen LogP contribution in [0, 0.1) is 0 Å². The molecule has 15 heavy (non-hydrogen) atoms. The van der Waals surface area contributed by atoms with Gasteiger partial charge in [0.25, 0.3) is 0 Å². The zero-order valence-electron chi connectivity index (χ0n) is 9.04. The number of para-hydroxylation sites is 1. The van der Waals surface area contributed by atoms with E-state index in [1.54, 1.807) is 0 Å². The largest absolute Gasteiger partial charge is 0.370 e. The van der Waals surface area contributed by atoms with Crippen LogP contribution in [-0.4, -0.2) is 26.2 Å². The molecule has 1 N–H and O–H groups in total. The highest BCUT2D eigenvalue weighted by molar-refractivity contribution is 6.33. The van der Waals surface area contributed by atoms with Crippen LogP contribution in [0.1, 0.15) is 12.8 Å². The van der Waals surface area contributed by atoms with Crippen molar-refractivity contribution in [2.24, 2.45) is 0 Å². The molecular formula is C12H17ClN2. The van der Waals surface area contributed by atoms with E-state index in [1.165, 1.54) is 18.5 Å². The van der Waals surface area contributed by atoms with Crippen molar-refractivity contribution in [2.45, 2.75) is 18.9 Å². The van der Waals surface area contributed by atoms with Gasteiger partial charge in [-0.05, 0) is 32.0 Å². The highest BCUT2D eigenvalue weighted by atomic mass is 35.5. The van der Waals surface area contributed by atoms with Crippen LogP contribution in [0.15, 0.2) is 24.3 Å². The summed E-state index contributed by atoms with van der Waals surface area (Å²) >= 11 is 6.17. The predicted molar refractivity (Wildman–Crippen MR) is 65.7 cm³/mol. The van der Waals surface area contributed by atoms with E-state index >= 15 is 0 Å². The minimum absolute atomic E-state index is 0.670. The molecule has 1 saturated heterocycles. The van der Waals surface area contributed by atoms with Gasteiger partial charge in [0.2, 0.25) is 0 Å². The van der Waals surface area contributed by atoms with Gasteiger partial charge in [0.05, 0.1) is 10.7 Å². The number of halogens is 1. The molecule has 0 aliphatic carbocycles. The first-order valence-corrected chi connectivity index (χ1v) is 5.86.